The molecule has 3 aromatic rings. The number of aliphatic hydroxyl groups excluding tert-OH is 1. The zero-order valence-electron chi connectivity index (χ0n) is 22.4. The third-order valence-electron chi connectivity index (χ3n) is 7.94. The zero-order valence-corrected chi connectivity index (χ0v) is 22.4. The summed E-state index contributed by atoms with van der Waals surface area (Å²) >= 11 is 0. The molecule has 218 valence electrons. The monoisotopic (exact) mass is 566 g/mol. The molecule has 2 aliphatic heterocycles. The second kappa shape index (κ2) is 11.9. The fourth-order valence-corrected chi connectivity index (χ4v) is 6.13. The van der Waals surface area contributed by atoms with Crippen LogP contribution in [0.5, 0.6) is 5.75 Å². The Morgan fingerprint density at radius 3 is 2.75 bits per heavy atom. The molecule has 3 heterocycles. The minimum Gasteiger partial charge on any atom is -0.434 e. The van der Waals surface area contributed by atoms with E-state index in [0.717, 1.165) is 29.4 Å². The molecule has 2 aliphatic rings. The average molecular weight is 567 g/mol. The molecular weight excluding hydrogens is 531 g/mol. The first-order chi connectivity index (χ1) is 19.2. The Balaban J connectivity index is 1.53. The van der Waals surface area contributed by atoms with Gasteiger partial charge in [-0.15, -0.1) is 0 Å². The minimum absolute atomic E-state index is 0.0552. The van der Waals surface area contributed by atoms with Crippen LogP contribution >= 0.6 is 0 Å². The summed E-state index contributed by atoms with van der Waals surface area (Å²) in [6.45, 7) is -1.57. The number of aromatic nitrogens is 1. The molecular formula is C29H35F5N4O2. The van der Waals surface area contributed by atoms with Gasteiger partial charge in [0.05, 0.1) is 19.3 Å². The van der Waals surface area contributed by atoms with E-state index in [1.807, 2.05) is 31.2 Å². The molecule has 3 unspecified atom stereocenters. The molecule has 1 fully saturated rings. The van der Waals surface area contributed by atoms with Gasteiger partial charge in [-0.2, -0.15) is 8.78 Å². The second-order valence-corrected chi connectivity index (χ2v) is 10.8. The van der Waals surface area contributed by atoms with E-state index in [0.29, 0.717) is 42.9 Å². The van der Waals surface area contributed by atoms with E-state index in [1.54, 1.807) is 17.0 Å². The van der Waals surface area contributed by atoms with Gasteiger partial charge >= 0.3 is 6.61 Å². The number of alkyl halides is 5. The van der Waals surface area contributed by atoms with Gasteiger partial charge in [-0.1, -0.05) is 24.3 Å². The van der Waals surface area contributed by atoms with Crippen molar-refractivity contribution >= 4 is 16.6 Å². The van der Waals surface area contributed by atoms with Gasteiger partial charge in [0.15, 0.2) is 0 Å². The highest BCUT2D eigenvalue weighted by atomic mass is 19.3. The van der Waals surface area contributed by atoms with Crippen LogP contribution in [0.4, 0.5) is 27.6 Å². The molecule has 40 heavy (non-hydrogen) atoms. The smallest absolute Gasteiger partial charge is 0.387 e. The van der Waals surface area contributed by atoms with Crippen LogP contribution in [0.3, 0.4) is 0 Å². The molecule has 0 bridgehead atoms. The molecule has 3 N–H and O–H groups in total. The molecule has 0 amide bonds. The lowest BCUT2D eigenvalue weighted by Crippen LogP contribution is -2.49. The highest BCUT2D eigenvalue weighted by molar-refractivity contribution is 5.85. The van der Waals surface area contributed by atoms with Crippen LogP contribution < -0.4 is 10.1 Å². The van der Waals surface area contributed by atoms with Gasteiger partial charge < -0.3 is 25.0 Å². The number of halogens is 5. The number of nitrogens with one attached hydrogen (secondary N) is 2. The van der Waals surface area contributed by atoms with Crippen molar-refractivity contribution in [2.45, 2.75) is 56.8 Å². The number of fused-ring (bicyclic) bond motifs is 3. The van der Waals surface area contributed by atoms with Crippen LogP contribution in [-0.2, 0) is 6.42 Å². The minimum atomic E-state index is -3.39. The van der Waals surface area contributed by atoms with Crippen molar-refractivity contribution in [3.8, 4) is 5.75 Å². The van der Waals surface area contributed by atoms with Crippen molar-refractivity contribution < 1.29 is 31.8 Å². The van der Waals surface area contributed by atoms with E-state index >= 15 is 0 Å². The molecule has 11 heteroatoms. The lowest BCUT2D eigenvalue weighted by Gasteiger charge is -2.42. The van der Waals surface area contributed by atoms with Crippen molar-refractivity contribution in [2.24, 2.45) is 0 Å². The molecule has 0 aliphatic carbocycles. The summed E-state index contributed by atoms with van der Waals surface area (Å²) in [6, 6.07) is 11.4. The second-order valence-electron chi connectivity index (χ2n) is 10.8. The third kappa shape index (κ3) is 6.06. The van der Waals surface area contributed by atoms with Crippen LogP contribution in [0.25, 0.3) is 10.9 Å². The zero-order chi connectivity index (χ0) is 28.4. The van der Waals surface area contributed by atoms with Gasteiger partial charge in [-0.3, -0.25) is 9.29 Å². The molecule has 1 saturated heterocycles. The lowest BCUT2D eigenvalue weighted by molar-refractivity contribution is -0.0874. The Bertz CT molecular complexity index is 1300. The van der Waals surface area contributed by atoms with Crippen LogP contribution in [0.2, 0.25) is 0 Å². The summed E-state index contributed by atoms with van der Waals surface area (Å²) in [5.74, 6) is -3.49. The van der Waals surface area contributed by atoms with Gasteiger partial charge in [0.2, 0.25) is 0 Å². The number of benzene rings is 2. The lowest BCUT2D eigenvalue weighted by atomic mass is 9.87. The number of aliphatic hydroxyl groups is 1. The Morgan fingerprint density at radius 1 is 1.20 bits per heavy atom. The van der Waals surface area contributed by atoms with E-state index in [-0.39, 0.29) is 24.5 Å². The predicted molar refractivity (Wildman–Crippen MR) is 144 cm³/mol. The van der Waals surface area contributed by atoms with E-state index in [2.05, 4.69) is 15.2 Å². The van der Waals surface area contributed by atoms with Crippen LogP contribution in [0.15, 0.2) is 42.5 Å². The molecule has 0 spiro atoms. The first-order valence-corrected chi connectivity index (χ1v) is 13.7. The fourth-order valence-electron chi connectivity index (χ4n) is 6.13. The summed E-state index contributed by atoms with van der Waals surface area (Å²) in [7, 11) is 0. The molecule has 2 aromatic carbocycles. The standard InChI is InChI=1S/C29H35F5N4O2/c1-18-13-23-21-5-2-3-6-24(21)36-26(23)27(38(18)16-29(33,34)17-39)22-8-7-19(14-25(22)40-28(31)32)35-20-9-12-37(15-20)11-4-10-30/h2-3,5-8,14,18,20,27-28,35-36,39H,4,9-13,15-17H2,1H3. The molecule has 6 nitrogen and oxygen atoms in total. The summed E-state index contributed by atoms with van der Waals surface area (Å²) in [4.78, 5) is 7.06. The number of ether oxygens (including phenoxy) is 1. The van der Waals surface area contributed by atoms with Gasteiger partial charge in [0, 0.05) is 65.6 Å². The maximum absolute atomic E-state index is 14.6. The largest absolute Gasteiger partial charge is 0.434 e. The van der Waals surface area contributed by atoms with Crippen molar-refractivity contribution in [3.05, 3.63) is 59.3 Å². The number of hydrogen-bond donors (Lipinski definition) is 3. The number of rotatable bonds is 11. The Labute approximate surface area is 230 Å². The SMILES string of the molecule is CC1Cc2c([nH]c3ccccc23)C(c2ccc(NC3CCN(CCCF)C3)cc2OC(F)F)N1CC(F)(F)CO. The first kappa shape index (κ1) is 28.6. The maximum atomic E-state index is 14.6. The van der Waals surface area contributed by atoms with E-state index in [1.165, 1.54) is 6.07 Å². The predicted octanol–water partition coefficient (Wildman–Crippen LogP) is 5.58. The van der Waals surface area contributed by atoms with Crippen molar-refractivity contribution in [1.29, 1.82) is 0 Å². The Hall–Kier alpha value is -2.89. The third-order valence-corrected chi connectivity index (χ3v) is 7.94. The van der Waals surface area contributed by atoms with Gasteiger partial charge in [-0.25, -0.2) is 8.78 Å². The van der Waals surface area contributed by atoms with Crippen LogP contribution in [0.1, 0.15) is 42.6 Å². The molecule has 0 radical (unpaired) electrons. The number of para-hydroxylation sites is 1. The first-order valence-electron chi connectivity index (χ1n) is 13.7. The number of H-pyrrole nitrogens is 1. The molecule has 0 saturated carbocycles. The summed E-state index contributed by atoms with van der Waals surface area (Å²) in [6.07, 6.45) is 1.76. The molecule has 1 aromatic heterocycles. The van der Waals surface area contributed by atoms with Gasteiger partial charge in [-0.05, 0) is 43.9 Å². The Kier molecular flexibility index (Phi) is 8.53. The van der Waals surface area contributed by atoms with Gasteiger partial charge in [0.1, 0.15) is 12.4 Å². The van der Waals surface area contributed by atoms with Gasteiger partial charge in [0.25, 0.3) is 5.92 Å². The highest BCUT2D eigenvalue weighted by Crippen LogP contribution is 2.45. The number of aromatic amines is 1. The van der Waals surface area contributed by atoms with E-state index in [4.69, 9.17) is 4.74 Å². The molecule has 5 rings (SSSR count). The molecule has 3 atom stereocenters. The number of likely N-dealkylation sites (tertiary alicyclic amines) is 1. The topological polar surface area (TPSA) is 63.8 Å². The van der Waals surface area contributed by atoms with Crippen molar-refractivity contribution in [2.75, 3.05) is 44.8 Å². The van der Waals surface area contributed by atoms with E-state index in [9.17, 15) is 27.1 Å². The van der Waals surface area contributed by atoms with Crippen molar-refractivity contribution in [1.82, 2.24) is 14.8 Å². The van der Waals surface area contributed by atoms with Crippen molar-refractivity contribution in [3.63, 3.8) is 0 Å². The van der Waals surface area contributed by atoms with Crippen LogP contribution in [-0.4, -0.2) is 84.0 Å². The fraction of sp³-hybridized carbons (Fsp3) is 0.517. The number of anilines is 1. The normalized spacial score (nSPS) is 22.2. The average Bonchev–Trinajstić information content (AvgIpc) is 3.52. The summed E-state index contributed by atoms with van der Waals surface area (Å²) in [5.41, 5.74) is 3.32. The number of hydrogen-bond acceptors (Lipinski definition) is 5. The number of nitrogens with zero attached hydrogens (tertiary/aromatic N) is 2. The quantitative estimate of drug-likeness (QED) is 0.265. The highest BCUT2D eigenvalue weighted by Gasteiger charge is 2.42. The van der Waals surface area contributed by atoms with Crippen LogP contribution in [0, 0.1) is 0 Å². The summed E-state index contributed by atoms with van der Waals surface area (Å²) < 4.78 is 74.1. The Morgan fingerprint density at radius 2 is 2.00 bits per heavy atom. The van der Waals surface area contributed by atoms with E-state index < -0.39 is 31.7 Å². The summed E-state index contributed by atoms with van der Waals surface area (Å²) in [5, 5.41) is 13.7. The maximum Gasteiger partial charge on any atom is 0.387 e.